The first-order valence-corrected chi connectivity index (χ1v) is 6.31. The number of amides is 1. The molecule has 1 aromatic heterocycles. The van der Waals surface area contributed by atoms with E-state index in [-0.39, 0.29) is 25.5 Å². The van der Waals surface area contributed by atoms with E-state index in [2.05, 4.69) is 15.0 Å². The Morgan fingerprint density at radius 1 is 1.52 bits per heavy atom. The predicted molar refractivity (Wildman–Crippen MR) is 73.6 cm³/mol. The number of aliphatic imine (C=N–C) groups is 1. The van der Waals surface area contributed by atoms with Crippen LogP contribution in [0.2, 0.25) is 0 Å². The van der Waals surface area contributed by atoms with Gasteiger partial charge in [0.2, 0.25) is 5.91 Å². The second kappa shape index (κ2) is 6.33. The number of carbonyl (C=O) groups is 2. The number of aliphatic carboxylic acids is 1. The van der Waals surface area contributed by atoms with Crippen LogP contribution in [0.3, 0.4) is 0 Å². The van der Waals surface area contributed by atoms with Gasteiger partial charge in [0.05, 0.1) is 24.9 Å². The first-order valence-electron chi connectivity index (χ1n) is 6.31. The van der Waals surface area contributed by atoms with Crippen LogP contribution in [0.1, 0.15) is 11.9 Å². The molecule has 0 bridgehead atoms. The summed E-state index contributed by atoms with van der Waals surface area (Å²) in [5, 5.41) is 8.81. The van der Waals surface area contributed by atoms with Gasteiger partial charge >= 0.3 is 5.97 Å². The van der Waals surface area contributed by atoms with E-state index in [9.17, 15) is 9.59 Å². The quantitative estimate of drug-likeness (QED) is 0.483. The highest BCUT2D eigenvalue weighted by atomic mass is 16.4. The number of H-pyrrole nitrogens is 1. The molecule has 0 aromatic carbocycles. The lowest BCUT2D eigenvalue weighted by Crippen LogP contribution is -2.47. The fraction of sp³-hybridized carbons (Fsp3) is 0.455. The molecule has 10 nitrogen and oxygen atoms in total. The van der Waals surface area contributed by atoms with Crippen LogP contribution in [0.25, 0.3) is 0 Å². The number of aromatic nitrogens is 2. The van der Waals surface area contributed by atoms with Crippen LogP contribution in [0, 0.1) is 0 Å². The fourth-order valence-corrected chi connectivity index (χ4v) is 1.99. The van der Waals surface area contributed by atoms with E-state index >= 15 is 0 Å². The van der Waals surface area contributed by atoms with Gasteiger partial charge in [0.15, 0.2) is 5.82 Å². The molecule has 0 saturated heterocycles. The summed E-state index contributed by atoms with van der Waals surface area (Å²) in [7, 11) is 0. The highest BCUT2D eigenvalue weighted by molar-refractivity contribution is 5.84. The average Bonchev–Trinajstić information content (AvgIpc) is 2.90. The van der Waals surface area contributed by atoms with Crippen molar-refractivity contribution in [2.75, 3.05) is 26.2 Å². The van der Waals surface area contributed by atoms with Crippen LogP contribution in [-0.4, -0.2) is 69.3 Å². The summed E-state index contributed by atoms with van der Waals surface area (Å²) in [6.07, 6.45) is 2.30. The molecule has 1 aliphatic rings. The molecule has 1 unspecified atom stereocenters. The van der Waals surface area contributed by atoms with E-state index in [0.29, 0.717) is 11.5 Å². The number of nitrogens with one attached hydrogen (secondary N) is 1. The van der Waals surface area contributed by atoms with Gasteiger partial charge in [-0.2, -0.15) is 0 Å². The van der Waals surface area contributed by atoms with Crippen LogP contribution in [-0.2, 0) is 9.59 Å². The molecule has 1 atom stereocenters. The number of hydrogen-bond acceptors (Lipinski definition) is 7. The van der Waals surface area contributed by atoms with Gasteiger partial charge in [-0.15, -0.1) is 0 Å². The third-order valence-corrected chi connectivity index (χ3v) is 3.02. The molecule has 1 aliphatic heterocycles. The summed E-state index contributed by atoms with van der Waals surface area (Å²) < 4.78 is 0. The Morgan fingerprint density at radius 2 is 2.29 bits per heavy atom. The van der Waals surface area contributed by atoms with E-state index in [4.69, 9.17) is 16.6 Å². The Labute approximate surface area is 120 Å². The molecule has 0 spiro atoms. The summed E-state index contributed by atoms with van der Waals surface area (Å²) in [5.41, 5.74) is 12.0. The predicted octanol–water partition coefficient (Wildman–Crippen LogP) is -1.79. The highest BCUT2D eigenvalue weighted by Crippen LogP contribution is 2.25. The largest absolute Gasteiger partial charge is 0.480 e. The van der Waals surface area contributed by atoms with Gasteiger partial charge in [0, 0.05) is 13.1 Å². The van der Waals surface area contributed by atoms with Crippen LogP contribution >= 0.6 is 0 Å². The SMILES string of the molecule is NCCN(CC(=O)O)C(=O)CN1C=Nc2nc[nH]c2C1N. The molecule has 2 heterocycles. The van der Waals surface area contributed by atoms with E-state index in [1.807, 2.05) is 0 Å². The molecule has 0 radical (unpaired) electrons. The number of carbonyl (C=O) groups excluding carboxylic acids is 1. The monoisotopic (exact) mass is 295 g/mol. The number of nitrogens with two attached hydrogens (primary N) is 2. The maximum Gasteiger partial charge on any atom is 0.323 e. The van der Waals surface area contributed by atoms with Crippen molar-refractivity contribution in [2.24, 2.45) is 16.5 Å². The average molecular weight is 295 g/mol. The maximum absolute atomic E-state index is 12.2. The molecule has 114 valence electrons. The Hall–Kier alpha value is -2.46. The first-order chi connectivity index (χ1) is 10.0. The molecule has 0 aliphatic carbocycles. The summed E-state index contributed by atoms with van der Waals surface area (Å²) in [6, 6.07) is 0. The van der Waals surface area contributed by atoms with Crippen molar-refractivity contribution in [3.05, 3.63) is 12.0 Å². The maximum atomic E-state index is 12.2. The van der Waals surface area contributed by atoms with Crippen molar-refractivity contribution < 1.29 is 14.7 Å². The molecular weight excluding hydrogens is 278 g/mol. The van der Waals surface area contributed by atoms with E-state index in [1.54, 1.807) is 0 Å². The highest BCUT2D eigenvalue weighted by Gasteiger charge is 2.26. The fourth-order valence-electron chi connectivity index (χ4n) is 1.99. The summed E-state index contributed by atoms with van der Waals surface area (Å²) in [4.78, 5) is 36.5. The van der Waals surface area contributed by atoms with Crippen molar-refractivity contribution in [2.45, 2.75) is 6.17 Å². The zero-order chi connectivity index (χ0) is 15.4. The number of nitrogens with zero attached hydrogens (tertiary/aromatic N) is 4. The minimum Gasteiger partial charge on any atom is -0.480 e. The lowest BCUT2D eigenvalue weighted by Gasteiger charge is -2.30. The first kappa shape index (κ1) is 14.9. The zero-order valence-electron chi connectivity index (χ0n) is 11.3. The lowest BCUT2D eigenvalue weighted by molar-refractivity contribution is -0.144. The van der Waals surface area contributed by atoms with Crippen LogP contribution in [0.15, 0.2) is 11.3 Å². The molecule has 0 saturated carbocycles. The van der Waals surface area contributed by atoms with Gasteiger partial charge in [0.1, 0.15) is 12.7 Å². The minimum absolute atomic E-state index is 0.0869. The molecule has 0 fully saturated rings. The van der Waals surface area contributed by atoms with Crippen molar-refractivity contribution in [1.29, 1.82) is 0 Å². The van der Waals surface area contributed by atoms with Crippen molar-refractivity contribution in [3.63, 3.8) is 0 Å². The zero-order valence-corrected chi connectivity index (χ0v) is 11.3. The number of hydrogen-bond donors (Lipinski definition) is 4. The number of carboxylic acid groups (broad SMARTS) is 1. The van der Waals surface area contributed by atoms with Crippen LogP contribution in [0.4, 0.5) is 5.82 Å². The Bertz CT molecular complexity index is 556. The van der Waals surface area contributed by atoms with Gasteiger partial charge in [-0.3, -0.25) is 9.59 Å². The molecular formula is C11H17N7O3. The number of fused-ring (bicyclic) bond motifs is 1. The third-order valence-electron chi connectivity index (χ3n) is 3.02. The lowest BCUT2D eigenvalue weighted by atomic mass is 10.2. The summed E-state index contributed by atoms with van der Waals surface area (Å²) in [6.45, 7) is -0.132. The van der Waals surface area contributed by atoms with Gasteiger partial charge in [-0.05, 0) is 0 Å². The summed E-state index contributed by atoms with van der Waals surface area (Å²) in [5.74, 6) is -0.993. The van der Waals surface area contributed by atoms with Gasteiger partial charge in [-0.1, -0.05) is 0 Å². The van der Waals surface area contributed by atoms with Crippen molar-refractivity contribution in [1.82, 2.24) is 19.8 Å². The Kier molecular flexibility index (Phi) is 4.50. The Morgan fingerprint density at radius 3 is 2.95 bits per heavy atom. The number of rotatable bonds is 6. The second-order valence-electron chi connectivity index (χ2n) is 4.50. The van der Waals surface area contributed by atoms with Crippen molar-refractivity contribution >= 4 is 24.0 Å². The molecule has 2 rings (SSSR count). The molecule has 1 aromatic rings. The summed E-state index contributed by atoms with van der Waals surface area (Å²) >= 11 is 0. The van der Waals surface area contributed by atoms with E-state index < -0.39 is 18.7 Å². The third kappa shape index (κ3) is 3.35. The normalized spacial score (nSPS) is 16.7. The second-order valence-corrected chi connectivity index (χ2v) is 4.50. The number of imidazole rings is 1. The number of carboxylic acids is 1. The number of aromatic amines is 1. The standard InChI is InChI=1S/C11H17N7O3/c12-1-2-17(4-8(20)21)7(19)3-18-6-16-11-9(10(18)13)14-5-15-11/h5-6,10H,1-4,12-13H2,(H,14,15)(H,20,21). The van der Waals surface area contributed by atoms with Crippen LogP contribution in [0.5, 0.6) is 0 Å². The van der Waals surface area contributed by atoms with Crippen molar-refractivity contribution in [3.8, 4) is 0 Å². The Balaban J connectivity index is 2.03. The molecule has 1 amide bonds. The topological polar surface area (TPSA) is 154 Å². The van der Waals surface area contributed by atoms with Gasteiger partial charge in [-0.25, -0.2) is 9.98 Å². The van der Waals surface area contributed by atoms with Crippen LogP contribution < -0.4 is 11.5 Å². The molecule has 21 heavy (non-hydrogen) atoms. The molecule has 6 N–H and O–H groups in total. The van der Waals surface area contributed by atoms with Gasteiger partial charge < -0.3 is 31.4 Å². The van der Waals surface area contributed by atoms with E-state index in [0.717, 1.165) is 0 Å². The smallest absolute Gasteiger partial charge is 0.323 e. The molecule has 10 heteroatoms. The minimum atomic E-state index is -1.09. The van der Waals surface area contributed by atoms with Gasteiger partial charge in [0.25, 0.3) is 0 Å². The van der Waals surface area contributed by atoms with E-state index in [1.165, 1.54) is 22.5 Å².